The van der Waals surface area contributed by atoms with Crippen LogP contribution in [0.2, 0.25) is 0 Å². The highest BCUT2D eigenvalue weighted by atomic mass is 16.5. The second kappa shape index (κ2) is 12.7. The summed E-state index contributed by atoms with van der Waals surface area (Å²) in [4.78, 5) is 32.8. The fourth-order valence-corrected chi connectivity index (χ4v) is 3.30. The van der Waals surface area contributed by atoms with E-state index in [1.54, 1.807) is 6.07 Å². The number of hydrogen-bond acceptors (Lipinski definition) is 8. The molecule has 0 amide bonds. The van der Waals surface area contributed by atoms with Crippen LogP contribution in [0.15, 0.2) is 48.6 Å². The van der Waals surface area contributed by atoms with Gasteiger partial charge in [0.1, 0.15) is 6.10 Å². The van der Waals surface area contributed by atoms with Crippen LogP contribution in [0.5, 0.6) is 23.0 Å². The SMILES string of the molecule is O=C(/C=C/c1ccc(O)c(O)c1)OC1CCCC(C(=O)O)C1.O=C(O)/C=C/c1ccc(O)c(O)c1. The van der Waals surface area contributed by atoms with Crippen molar-refractivity contribution in [3.8, 4) is 23.0 Å². The Morgan fingerprint density at radius 1 is 0.771 bits per heavy atom. The quantitative estimate of drug-likeness (QED) is 0.201. The van der Waals surface area contributed by atoms with Gasteiger partial charge < -0.3 is 35.4 Å². The zero-order chi connectivity index (χ0) is 26.0. The van der Waals surface area contributed by atoms with Gasteiger partial charge in [0.05, 0.1) is 5.92 Å². The smallest absolute Gasteiger partial charge is 0.331 e. The maximum atomic E-state index is 11.7. The van der Waals surface area contributed by atoms with Crippen LogP contribution >= 0.6 is 0 Å². The molecule has 0 radical (unpaired) electrons. The van der Waals surface area contributed by atoms with Gasteiger partial charge in [0.25, 0.3) is 0 Å². The Morgan fingerprint density at radius 3 is 1.80 bits per heavy atom. The molecule has 6 N–H and O–H groups in total. The van der Waals surface area contributed by atoms with E-state index in [1.165, 1.54) is 48.6 Å². The van der Waals surface area contributed by atoms with E-state index in [1.807, 2.05) is 0 Å². The van der Waals surface area contributed by atoms with Gasteiger partial charge in [-0.25, -0.2) is 9.59 Å². The molecule has 2 aromatic rings. The van der Waals surface area contributed by atoms with E-state index in [0.717, 1.165) is 12.5 Å². The number of aromatic hydroxyl groups is 4. The predicted octanol–water partition coefficient (Wildman–Crippen LogP) is 3.49. The van der Waals surface area contributed by atoms with Crippen molar-refractivity contribution in [1.29, 1.82) is 0 Å². The summed E-state index contributed by atoms with van der Waals surface area (Å²) in [6, 6.07) is 8.24. The minimum absolute atomic E-state index is 0.229. The Morgan fingerprint density at radius 2 is 1.31 bits per heavy atom. The molecule has 1 saturated carbocycles. The molecular formula is C25H26O10. The van der Waals surface area contributed by atoms with Gasteiger partial charge in [0, 0.05) is 12.2 Å². The number of rotatable bonds is 6. The minimum atomic E-state index is -1.06. The van der Waals surface area contributed by atoms with Gasteiger partial charge in [-0.15, -0.1) is 0 Å². The minimum Gasteiger partial charge on any atom is -0.504 e. The van der Waals surface area contributed by atoms with Gasteiger partial charge in [0.2, 0.25) is 0 Å². The number of phenols is 4. The first kappa shape index (κ1) is 26.8. The van der Waals surface area contributed by atoms with E-state index < -0.39 is 23.8 Å². The number of carbonyl (C=O) groups excluding carboxylic acids is 1. The first-order valence-corrected chi connectivity index (χ1v) is 10.6. The molecule has 2 unspecified atom stereocenters. The molecule has 2 aromatic carbocycles. The number of benzene rings is 2. The summed E-state index contributed by atoms with van der Waals surface area (Å²) >= 11 is 0. The normalized spacial score (nSPS) is 17.5. The van der Waals surface area contributed by atoms with Crippen LogP contribution < -0.4 is 0 Å². The Bertz CT molecular complexity index is 1120. The number of hydrogen-bond donors (Lipinski definition) is 6. The van der Waals surface area contributed by atoms with Gasteiger partial charge in [-0.05, 0) is 73.2 Å². The molecule has 10 nitrogen and oxygen atoms in total. The third-order valence-electron chi connectivity index (χ3n) is 5.09. The molecule has 0 aliphatic heterocycles. The van der Waals surface area contributed by atoms with Gasteiger partial charge in [0.15, 0.2) is 23.0 Å². The summed E-state index contributed by atoms with van der Waals surface area (Å²) < 4.78 is 5.25. The highest BCUT2D eigenvalue weighted by molar-refractivity contribution is 5.87. The summed E-state index contributed by atoms with van der Waals surface area (Å²) in [6.45, 7) is 0. The Balaban J connectivity index is 0.000000283. The van der Waals surface area contributed by atoms with Crippen LogP contribution in [0, 0.1) is 5.92 Å². The molecule has 1 fully saturated rings. The summed E-state index contributed by atoms with van der Waals surface area (Å²) in [6.07, 6.45) is 6.93. The zero-order valence-corrected chi connectivity index (χ0v) is 18.6. The number of carboxylic acids is 2. The van der Waals surface area contributed by atoms with E-state index in [0.29, 0.717) is 30.4 Å². The second-order valence-corrected chi connectivity index (χ2v) is 7.76. The van der Waals surface area contributed by atoms with Gasteiger partial charge >= 0.3 is 17.9 Å². The lowest BCUT2D eigenvalue weighted by atomic mass is 9.87. The van der Waals surface area contributed by atoms with Crippen LogP contribution in [0.3, 0.4) is 0 Å². The maximum absolute atomic E-state index is 11.7. The van der Waals surface area contributed by atoms with Crippen LogP contribution in [0.4, 0.5) is 0 Å². The van der Waals surface area contributed by atoms with Gasteiger partial charge in [-0.2, -0.15) is 0 Å². The molecule has 1 aliphatic rings. The number of esters is 1. The first-order valence-electron chi connectivity index (χ1n) is 10.6. The van der Waals surface area contributed by atoms with E-state index in [2.05, 4.69) is 0 Å². The number of carboxylic acid groups (broad SMARTS) is 2. The number of ether oxygens (including phenoxy) is 1. The molecule has 10 heteroatoms. The van der Waals surface area contributed by atoms with Gasteiger partial charge in [-0.1, -0.05) is 12.1 Å². The summed E-state index contributed by atoms with van der Waals surface area (Å²) in [5.74, 6) is -3.93. The third-order valence-corrected chi connectivity index (χ3v) is 5.09. The molecule has 0 spiro atoms. The summed E-state index contributed by atoms with van der Waals surface area (Å²) in [5.41, 5.74) is 1.05. The number of phenolic OH excluding ortho intramolecular Hbond substituents is 4. The lowest BCUT2D eigenvalue weighted by molar-refractivity contribution is -0.151. The molecule has 0 saturated heterocycles. The van der Waals surface area contributed by atoms with Crippen molar-refractivity contribution < 1.29 is 49.8 Å². The lowest BCUT2D eigenvalue weighted by Gasteiger charge is -2.25. The van der Waals surface area contributed by atoms with Crippen LogP contribution in [-0.2, 0) is 19.1 Å². The van der Waals surface area contributed by atoms with Crippen molar-refractivity contribution in [2.45, 2.75) is 31.8 Å². The van der Waals surface area contributed by atoms with E-state index in [9.17, 15) is 24.6 Å². The van der Waals surface area contributed by atoms with Crippen molar-refractivity contribution in [2.24, 2.45) is 5.92 Å². The number of carbonyl (C=O) groups is 3. The Kier molecular flexibility index (Phi) is 9.71. The topological polar surface area (TPSA) is 182 Å². The van der Waals surface area contributed by atoms with Crippen LogP contribution in [0.25, 0.3) is 12.2 Å². The maximum Gasteiger partial charge on any atom is 0.331 e. The average molecular weight is 486 g/mol. The number of aliphatic carboxylic acids is 2. The van der Waals surface area contributed by atoms with Crippen molar-refractivity contribution in [3.63, 3.8) is 0 Å². The highest BCUT2D eigenvalue weighted by Crippen LogP contribution is 2.28. The monoisotopic (exact) mass is 486 g/mol. The Hall–Kier alpha value is -4.47. The van der Waals surface area contributed by atoms with E-state index in [4.69, 9.17) is 25.2 Å². The molecule has 186 valence electrons. The molecule has 0 bridgehead atoms. The fourth-order valence-electron chi connectivity index (χ4n) is 3.30. The predicted molar refractivity (Wildman–Crippen MR) is 125 cm³/mol. The third kappa shape index (κ3) is 9.12. The fraction of sp³-hybridized carbons (Fsp3) is 0.240. The molecular weight excluding hydrogens is 460 g/mol. The first-order chi connectivity index (χ1) is 16.5. The molecule has 35 heavy (non-hydrogen) atoms. The Labute approximate surface area is 200 Å². The summed E-state index contributed by atoms with van der Waals surface area (Å²) in [7, 11) is 0. The molecule has 0 aromatic heterocycles. The largest absolute Gasteiger partial charge is 0.504 e. The van der Waals surface area contributed by atoms with Crippen LogP contribution in [-0.4, -0.2) is 54.7 Å². The standard InChI is InChI=1S/C16H18O6.C9H8O4/c17-13-6-4-10(8-14(13)18)5-7-15(19)22-12-3-1-2-11(9-12)16(20)21;10-7-3-1-6(5-8(7)11)2-4-9(12)13/h4-8,11-12,17-18H,1-3,9H2,(H,20,21);1-5,10-11H,(H,12,13)/b7-5+;4-2+. The van der Waals surface area contributed by atoms with Crippen molar-refractivity contribution in [3.05, 3.63) is 59.7 Å². The van der Waals surface area contributed by atoms with Crippen molar-refractivity contribution in [2.75, 3.05) is 0 Å². The average Bonchev–Trinajstić information content (AvgIpc) is 2.81. The van der Waals surface area contributed by atoms with Crippen molar-refractivity contribution >= 4 is 30.1 Å². The summed E-state index contributed by atoms with van der Waals surface area (Å²) in [5, 5.41) is 53.8. The van der Waals surface area contributed by atoms with Crippen LogP contribution in [0.1, 0.15) is 36.8 Å². The lowest BCUT2D eigenvalue weighted by Crippen LogP contribution is -2.28. The van der Waals surface area contributed by atoms with Crippen molar-refractivity contribution in [1.82, 2.24) is 0 Å². The molecule has 3 rings (SSSR count). The van der Waals surface area contributed by atoms with Gasteiger partial charge in [-0.3, -0.25) is 4.79 Å². The molecule has 2 atom stereocenters. The molecule has 0 heterocycles. The van der Waals surface area contributed by atoms with E-state index >= 15 is 0 Å². The van der Waals surface area contributed by atoms with E-state index in [-0.39, 0.29) is 29.1 Å². The highest BCUT2D eigenvalue weighted by Gasteiger charge is 2.28. The zero-order valence-electron chi connectivity index (χ0n) is 18.6. The second-order valence-electron chi connectivity index (χ2n) is 7.76. The molecule has 1 aliphatic carbocycles.